The van der Waals surface area contributed by atoms with Crippen molar-refractivity contribution in [2.24, 2.45) is 0 Å². The van der Waals surface area contributed by atoms with Crippen molar-refractivity contribution >= 4 is 26.7 Å². The summed E-state index contributed by atoms with van der Waals surface area (Å²) in [7, 11) is -3.91. The lowest BCUT2D eigenvalue weighted by Crippen LogP contribution is -2.50. The molecule has 182 valence electrons. The Balaban J connectivity index is 1.65. The van der Waals surface area contributed by atoms with E-state index in [-0.39, 0.29) is 5.69 Å². The summed E-state index contributed by atoms with van der Waals surface area (Å²) in [6.45, 7) is 2.12. The maximum atomic E-state index is 13.3. The van der Waals surface area contributed by atoms with E-state index in [2.05, 4.69) is 16.0 Å². The molecular formula is C27H29N3O4S. The molecule has 0 saturated carbocycles. The van der Waals surface area contributed by atoms with E-state index >= 15 is 0 Å². The predicted molar refractivity (Wildman–Crippen MR) is 136 cm³/mol. The predicted octanol–water partition coefficient (Wildman–Crippen LogP) is 4.57. The van der Waals surface area contributed by atoms with Crippen molar-refractivity contribution < 1.29 is 17.9 Å². The Labute approximate surface area is 205 Å². The highest BCUT2D eigenvalue weighted by molar-refractivity contribution is 7.88. The second kappa shape index (κ2) is 10.8. The van der Waals surface area contributed by atoms with Crippen LogP contribution in [0.2, 0.25) is 0 Å². The SMILES string of the molecule is C[C@H](OCc1ccccc1)[C@@H](CCc1cccc2ccccc12)N(C(=O)c1cnc[nH]1)S(C)(=O)=O. The van der Waals surface area contributed by atoms with Crippen molar-refractivity contribution in [2.75, 3.05) is 6.26 Å². The zero-order valence-corrected chi connectivity index (χ0v) is 20.6. The molecular weight excluding hydrogens is 462 g/mol. The third-order valence-electron chi connectivity index (χ3n) is 6.07. The van der Waals surface area contributed by atoms with Gasteiger partial charge in [-0.05, 0) is 41.7 Å². The van der Waals surface area contributed by atoms with Gasteiger partial charge in [0.1, 0.15) is 5.69 Å². The van der Waals surface area contributed by atoms with E-state index in [1.165, 1.54) is 12.5 Å². The van der Waals surface area contributed by atoms with Crippen molar-refractivity contribution in [1.82, 2.24) is 14.3 Å². The number of aryl methyl sites for hydroxylation is 1. The Hall–Kier alpha value is -3.49. The minimum Gasteiger partial charge on any atom is -0.372 e. The van der Waals surface area contributed by atoms with Crippen molar-refractivity contribution in [1.29, 1.82) is 0 Å². The van der Waals surface area contributed by atoms with Gasteiger partial charge in [-0.1, -0.05) is 72.8 Å². The molecule has 0 aliphatic rings. The van der Waals surface area contributed by atoms with E-state index in [1.807, 2.05) is 73.7 Å². The van der Waals surface area contributed by atoms with Crippen LogP contribution < -0.4 is 0 Å². The van der Waals surface area contributed by atoms with Crippen molar-refractivity contribution in [3.63, 3.8) is 0 Å². The third kappa shape index (κ3) is 5.96. The van der Waals surface area contributed by atoms with Crippen LogP contribution in [0.4, 0.5) is 0 Å². The van der Waals surface area contributed by atoms with Crippen LogP contribution in [0.1, 0.15) is 35.0 Å². The molecule has 0 unspecified atom stereocenters. The van der Waals surface area contributed by atoms with Crippen molar-refractivity contribution in [2.45, 2.75) is 38.5 Å². The summed E-state index contributed by atoms with van der Waals surface area (Å²) < 4.78 is 32.9. The zero-order chi connectivity index (χ0) is 24.8. The number of nitrogens with one attached hydrogen (secondary N) is 1. The Kier molecular flexibility index (Phi) is 7.63. The molecule has 35 heavy (non-hydrogen) atoms. The second-order valence-electron chi connectivity index (χ2n) is 8.58. The summed E-state index contributed by atoms with van der Waals surface area (Å²) in [5.74, 6) is -0.650. The minimum atomic E-state index is -3.91. The number of sulfonamides is 1. The third-order valence-corrected chi connectivity index (χ3v) is 7.23. The number of rotatable bonds is 10. The molecule has 0 spiro atoms. The molecule has 1 N–H and O–H groups in total. The lowest BCUT2D eigenvalue weighted by Gasteiger charge is -2.34. The molecule has 0 aliphatic heterocycles. The molecule has 3 aromatic carbocycles. The first kappa shape index (κ1) is 24.6. The van der Waals surface area contributed by atoms with Crippen LogP contribution in [0.3, 0.4) is 0 Å². The number of H-pyrrole nitrogens is 1. The number of amides is 1. The average Bonchev–Trinajstić information content (AvgIpc) is 3.40. The number of imidazole rings is 1. The molecule has 0 radical (unpaired) electrons. The first-order valence-electron chi connectivity index (χ1n) is 11.5. The lowest BCUT2D eigenvalue weighted by molar-refractivity contribution is 0.00605. The zero-order valence-electron chi connectivity index (χ0n) is 19.8. The summed E-state index contributed by atoms with van der Waals surface area (Å²) >= 11 is 0. The van der Waals surface area contributed by atoms with Gasteiger partial charge < -0.3 is 9.72 Å². The summed E-state index contributed by atoms with van der Waals surface area (Å²) in [6, 6.07) is 23.1. The molecule has 0 aliphatic carbocycles. The Morgan fingerprint density at radius 1 is 1.03 bits per heavy atom. The highest BCUT2D eigenvalue weighted by atomic mass is 32.2. The summed E-state index contributed by atoms with van der Waals surface area (Å²) in [4.78, 5) is 19.9. The molecule has 0 bridgehead atoms. The Morgan fingerprint density at radius 3 is 2.46 bits per heavy atom. The highest BCUT2D eigenvalue weighted by Crippen LogP contribution is 2.25. The largest absolute Gasteiger partial charge is 0.372 e. The number of ether oxygens (including phenoxy) is 1. The van der Waals surface area contributed by atoms with Gasteiger partial charge in [-0.15, -0.1) is 0 Å². The molecule has 1 aromatic heterocycles. The lowest BCUT2D eigenvalue weighted by atomic mass is 9.97. The average molecular weight is 492 g/mol. The van der Waals surface area contributed by atoms with Crippen LogP contribution >= 0.6 is 0 Å². The quantitative estimate of drug-likeness (QED) is 0.351. The van der Waals surface area contributed by atoms with Crippen LogP contribution in [0, 0.1) is 0 Å². The van der Waals surface area contributed by atoms with Gasteiger partial charge in [-0.25, -0.2) is 17.7 Å². The number of carbonyl (C=O) groups excluding carboxylic acids is 1. The van der Waals surface area contributed by atoms with Crippen LogP contribution in [-0.2, 0) is 27.8 Å². The standard InChI is InChI=1S/C27H29N3O4S/c1-20(34-18-21-9-4-3-5-10-21)26(30(35(2,32)33)27(31)25-17-28-19-29-25)16-15-23-13-8-12-22-11-6-7-14-24(22)23/h3-14,17,19-20,26H,15-16,18H2,1-2H3,(H,28,29)/t20-,26+/m0/s1. The van der Waals surface area contributed by atoms with E-state index in [0.717, 1.165) is 32.5 Å². The number of fused-ring (bicyclic) bond motifs is 1. The topological polar surface area (TPSA) is 92.4 Å². The molecule has 8 heteroatoms. The molecule has 1 heterocycles. The van der Waals surface area contributed by atoms with Crippen LogP contribution in [-0.4, -0.2) is 47.0 Å². The Bertz CT molecular complexity index is 1370. The van der Waals surface area contributed by atoms with E-state index in [4.69, 9.17) is 4.74 Å². The maximum Gasteiger partial charge on any atom is 0.285 e. The molecule has 0 fully saturated rings. The summed E-state index contributed by atoms with van der Waals surface area (Å²) in [6.07, 6.45) is 4.17. The first-order valence-corrected chi connectivity index (χ1v) is 13.3. The number of carbonyl (C=O) groups is 1. The van der Waals surface area contributed by atoms with Crippen molar-refractivity contribution in [3.8, 4) is 0 Å². The highest BCUT2D eigenvalue weighted by Gasteiger charge is 2.36. The molecule has 0 saturated heterocycles. The number of nitrogens with zero attached hydrogens (tertiary/aromatic N) is 2. The van der Waals surface area contributed by atoms with Gasteiger partial charge in [-0.3, -0.25) is 4.79 Å². The fraction of sp³-hybridized carbons (Fsp3) is 0.259. The van der Waals surface area contributed by atoms with Gasteiger partial charge >= 0.3 is 0 Å². The van der Waals surface area contributed by atoms with Crippen LogP contribution in [0.25, 0.3) is 10.8 Å². The maximum absolute atomic E-state index is 13.3. The van der Waals surface area contributed by atoms with Crippen molar-refractivity contribution in [3.05, 3.63) is 102 Å². The minimum absolute atomic E-state index is 0.112. The second-order valence-corrected chi connectivity index (χ2v) is 10.4. The molecule has 2 atom stereocenters. The number of aromatic nitrogens is 2. The molecule has 4 rings (SSSR count). The van der Waals surface area contributed by atoms with E-state index in [9.17, 15) is 13.2 Å². The number of hydrogen-bond acceptors (Lipinski definition) is 5. The monoisotopic (exact) mass is 491 g/mol. The number of benzene rings is 3. The smallest absolute Gasteiger partial charge is 0.285 e. The summed E-state index contributed by atoms with van der Waals surface area (Å²) in [5, 5.41) is 2.22. The van der Waals surface area contributed by atoms with E-state index in [1.54, 1.807) is 0 Å². The first-order chi connectivity index (χ1) is 16.8. The molecule has 1 amide bonds. The van der Waals surface area contributed by atoms with Gasteiger partial charge in [0, 0.05) is 0 Å². The fourth-order valence-corrected chi connectivity index (χ4v) is 5.48. The van der Waals surface area contributed by atoms with Gasteiger partial charge in [0.25, 0.3) is 5.91 Å². The van der Waals surface area contributed by atoms with Gasteiger partial charge in [-0.2, -0.15) is 0 Å². The number of hydrogen-bond donors (Lipinski definition) is 1. The van der Waals surface area contributed by atoms with E-state index in [0.29, 0.717) is 19.4 Å². The Morgan fingerprint density at radius 2 is 1.74 bits per heavy atom. The fourth-order valence-electron chi connectivity index (χ4n) is 4.31. The molecule has 7 nitrogen and oxygen atoms in total. The molecule has 4 aromatic rings. The van der Waals surface area contributed by atoms with Gasteiger partial charge in [0.05, 0.1) is 37.5 Å². The van der Waals surface area contributed by atoms with Gasteiger partial charge in [0.15, 0.2) is 0 Å². The van der Waals surface area contributed by atoms with Crippen LogP contribution in [0.15, 0.2) is 85.3 Å². The normalized spacial score (nSPS) is 13.4. The summed E-state index contributed by atoms with van der Waals surface area (Å²) in [5.41, 5.74) is 2.17. The van der Waals surface area contributed by atoms with Gasteiger partial charge in [0.2, 0.25) is 10.0 Å². The van der Waals surface area contributed by atoms with Crippen LogP contribution in [0.5, 0.6) is 0 Å². The number of aromatic amines is 1. The van der Waals surface area contributed by atoms with E-state index < -0.39 is 28.1 Å².